The van der Waals surface area contributed by atoms with Gasteiger partial charge in [-0.25, -0.2) is 17.9 Å². The standard InChI is InChI=1S/C12H17BrN2O4S/c1-8-10(12(16)17)6-9(7-11(8)13)20(18,19)15-5-3-4-14-2/h6-7,14-15H,3-5H2,1-2H3,(H,16,17). The molecule has 0 atom stereocenters. The van der Waals surface area contributed by atoms with E-state index in [2.05, 4.69) is 26.0 Å². The van der Waals surface area contributed by atoms with Crippen molar-refractivity contribution in [2.75, 3.05) is 20.1 Å². The minimum absolute atomic E-state index is 0.0324. The molecule has 0 saturated carbocycles. The quantitative estimate of drug-likeness (QED) is 0.634. The average molecular weight is 365 g/mol. The Morgan fingerprint density at radius 2 is 2.00 bits per heavy atom. The summed E-state index contributed by atoms with van der Waals surface area (Å²) in [6.45, 7) is 2.60. The predicted molar refractivity (Wildman–Crippen MR) is 79.6 cm³/mol. The van der Waals surface area contributed by atoms with E-state index in [1.807, 2.05) is 0 Å². The van der Waals surface area contributed by atoms with E-state index in [1.54, 1.807) is 14.0 Å². The molecule has 3 N–H and O–H groups in total. The van der Waals surface area contributed by atoms with Gasteiger partial charge in [-0.05, 0) is 44.6 Å². The van der Waals surface area contributed by atoms with E-state index in [-0.39, 0.29) is 17.0 Å². The number of aromatic carboxylic acids is 1. The molecule has 0 amide bonds. The highest BCUT2D eigenvalue weighted by molar-refractivity contribution is 9.10. The Balaban J connectivity index is 3.04. The van der Waals surface area contributed by atoms with Crippen molar-refractivity contribution in [1.82, 2.24) is 10.0 Å². The van der Waals surface area contributed by atoms with Crippen molar-refractivity contribution in [2.45, 2.75) is 18.2 Å². The van der Waals surface area contributed by atoms with Crippen LogP contribution in [0.1, 0.15) is 22.3 Å². The first-order chi connectivity index (χ1) is 9.29. The highest BCUT2D eigenvalue weighted by atomic mass is 79.9. The first-order valence-electron chi connectivity index (χ1n) is 5.97. The van der Waals surface area contributed by atoms with Crippen LogP contribution < -0.4 is 10.0 Å². The molecule has 20 heavy (non-hydrogen) atoms. The van der Waals surface area contributed by atoms with Crippen molar-refractivity contribution < 1.29 is 18.3 Å². The maximum absolute atomic E-state index is 12.1. The fraction of sp³-hybridized carbons (Fsp3) is 0.417. The molecule has 0 unspecified atom stereocenters. The molecular weight excluding hydrogens is 348 g/mol. The summed E-state index contributed by atoms with van der Waals surface area (Å²) in [6, 6.07) is 2.57. The highest BCUT2D eigenvalue weighted by Crippen LogP contribution is 2.24. The van der Waals surface area contributed by atoms with Crippen molar-refractivity contribution in [1.29, 1.82) is 0 Å². The zero-order valence-electron chi connectivity index (χ0n) is 11.2. The van der Waals surface area contributed by atoms with Gasteiger partial charge in [0.2, 0.25) is 10.0 Å². The van der Waals surface area contributed by atoms with E-state index < -0.39 is 16.0 Å². The molecule has 0 fully saturated rings. The molecule has 0 bridgehead atoms. The molecule has 6 nitrogen and oxygen atoms in total. The average Bonchev–Trinajstić information content (AvgIpc) is 2.37. The van der Waals surface area contributed by atoms with Crippen LogP contribution in [0.4, 0.5) is 0 Å². The van der Waals surface area contributed by atoms with E-state index in [0.29, 0.717) is 23.0 Å². The molecule has 0 aliphatic carbocycles. The molecule has 0 aliphatic rings. The number of sulfonamides is 1. The number of nitrogens with one attached hydrogen (secondary N) is 2. The summed E-state index contributed by atoms with van der Waals surface area (Å²) in [5.74, 6) is -1.16. The second-order valence-corrected chi connectivity index (χ2v) is 6.86. The Hall–Kier alpha value is -0.960. The van der Waals surface area contributed by atoms with E-state index in [0.717, 1.165) is 0 Å². The third-order valence-electron chi connectivity index (χ3n) is 2.75. The van der Waals surface area contributed by atoms with Gasteiger partial charge in [0, 0.05) is 11.0 Å². The Morgan fingerprint density at radius 3 is 2.55 bits per heavy atom. The lowest BCUT2D eigenvalue weighted by Crippen LogP contribution is -2.27. The maximum atomic E-state index is 12.1. The van der Waals surface area contributed by atoms with Gasteiger partial charge in [-0.3, -0.25) is 0 Å². The summed E-state index contributed by atoms with van der Waals surface area (Å²) < 4.78 is 27.1. The normalized spacial score (nSPS) is 11.6. The third kappa shape index (κ3) is 4.27. The predicted octanol–water partition coefficient (Wildman–Crippen LogP) is 1.34. The van der Waals surface area contributed by atoms with Crippen LogP contribution in [0.3, 0.4) is 0 Å². The lowest BCUT2D eigenvalue weighted by atomic mass is 10.1. The Labute approximate surface area is 126 Å². The molecular formula is C12H17BrN2O4S. The number of hydrogen-bond donors (Lipinski definition) is 3. The van der Waals surface area contributed by atoms with Crippen LogP contribution in [-0.2, 0) is 10.0 Å². The number of hydrogen-bond acceptors (Lipinski definition) is 4. The van der Waals surface area contributed by atoms with Crippen LogP contribution in [0, 0.1) is 6.92 Å². The number of carbonyl (C=O) groups is 1. The zero-order chi connectivity index (χ0) is 15.3. The number of carboxylic acids is 1. The minimum Gasteiger partial charge on any atom is -0.478 e. The maximum Gasteiger partial charge on any atom is 0.336 e. The largest absolute Gasteiger partial charge is 0.478 e. The lowest BCUT2D eigenvalue weighted by molar-refractivity contribution is 0.0695. The monoisotopic (exact) mass is 364 g/mol. The Morgan fingerprint density at radius 1 is 1.35 bits per heavy atom. The van der Waals surface area contributed by atoms with Crippen LogP contribution in [0.25, 0.3) is 0 Å². The van der Waals surface area contributed by atoms with Crippen molar-refractivity contribution in [3.8, 4) is 0 Å². The van der Waals surface area contributed by atoms with Gasteiger partial charge in [0.1, 0.15) is 0 Å². The van der Waals surface area contributed by atoms with Crippen molar-refractivity contribution in [3.63, 3.8) is 0 Å². The van der Waals surface area contributed by atoms with Gasteiger partial charge in [-0.1, -0.05) is 15.9 Å². The van der Waals surface area contributed by atoms with Gasteiger partial charge in [-0.2, -0.15) is 0 Å². The number of halogens is 1. The minimum atomic E-state index is -3.71. The number of benzene rings is 1. The molecule has 0 radical (unpaired) electrons. The van der Waals surface area contributed by atoms with Crippen LogP contribution in [0.15, 0.2) is 21.5 Å². The Bertz CT molecular complexity index is 602. The molecule has 0 aliphatic heterocycles. The zero-order valence-corrected chi connectivity index (χ0v) is 13.6. The van der Waals surface area contributed by atoms with Gasteiger partial charge in [-0.15, -0.1) is 0 Å². The fourth-order valence-electron chi connectivity index (χ4n) is 1.59. The van der Waals surface area contributed by atoms with Crippen LogP contribution in [-0.4, -0.2) is 39.6 Å². The summed E-state index contributed by atoms with van der Waals surface area (Å²) in [7, 11) is -1.92. The van der Waals surface area contributed by atoms with Gasteiger partial charge < -0.3 is 10.4 Å². The van der Waals surface area contributed by atoms with E-state index >= 15 is 0 Å². The SMILES string of the molecule is CNCCCNS(=O)(=O)c1cc(Br)c(C)c(C(=O)O)c1. The summed E-state index contributed by atoms with van der Waals surface area (Å²) in [4.78, 5) is 11.0. The van der Waals surface area contributed by atoms with E-state index in [1.165, 1.54) is 12.1 Å². The molecule has 1 aromatic rings. The molecule has 0 saturated heterocycles. The smallest absolute Gasteiger partial charge is 0.336 e. The van der Waals surface area contributed by atoms with Gasteiger partial charge in [0.15, 0.2) is 0 Å². The molecule has 0 aromatic heterocycles. The molecule has 1 rings (SSSR count). The van der Waals surface area contributed by atoms with E-state index in [9.17, 15) is 13.2 Å². The number of carboxylic acid groups (broad SMARTS) is 1. The summed E-state index contributed by atoms with van der Waals surface area (Å²) in [5.41, 5.74) is 0.460. The topological polar surface area (TPSA) is 95.5 Å². The van der Waals surface area contributed by atoms with Crippen LogP contribution in [0.5, 0.6) is 0 Å². The molecule has 8 heteroatoms. The van der Waals surface area contributed by atoms with Crippen molar-refractivity contribution in [2.24, 2.45) is 0 Å². The third-order valence-corrected chi connectivity index (χ3v) is 5.02. The molecule has 1 aromatic carbocycles. The molecule has 112 valence electrons. The lowest BCUT2D eigenvalue weighted by Gasteiger charge is -2.10. The molecule has 0 heterocycles. The highest BCUT2D eigenvalue weighted by Gasteiger charge is 2.19. The van der Waals surface area contributed by atoms with Crippen molar-refractivity contribution in [3.05, 3.63) is 27.7 Å². The first-order valence-corrected chi connectivity index (χ1v) is 8.25. The summed E-state index contributed by atoms with van der Waals surface area (Å²) in [5, 5.41) is 12.0. The first kappa shape index (κ1) is 17.1. The van der Waals surface area contributed by atoms with Crippen LogP contribution >= 0.6 is 15.9 Å². The van der Waals surface area contributed by atoms with Crippen LogP contribution in [0.2, 0.25) is 0 Å². The summed E-state index contributed by atoms with van der Waals surface area (Å²) in [6.07, 6.45) is 0.647. The van der Waals surface area contributed by atoms with Gasteiger partial charge in [0.05, 0.1) is 10.5 Å². The second kappa shape index (κ2) is 7.16. The number of rotatable bonds is 7. The van der Waals surface area contributed by atoms with Gasteiger partial charge in [0.25, 0.3) is 0 Å². The van der Waals surface area contributed by atoms with Crippen molar-refractivity contribution >= 4 is 31.9 Å². The summed E-state index contributed by atoms with van der Waals surface area (Å²) >= 11 is 3.19. The molecule has 0 spiro atoms. The van der Waals surface area contributed by atoms with Gasteiger partial charge >= 0.3 is 5.97 Å². The van der Waals surface area contributed by atoms with E-state index in [4.69, 9.17) is 5.11 Å². The second-order valence-electron chi connectivity index (χ2n) is 4.24. The Kier molecular flexibility index (Phi) is 6.12. The fourth-order valence-corrected chi connectivity index (χ4v) is 3.32.